The van der Waals surface area contributed by atoms with Crippen molar-refractivity contribution in [3.8, 4) is 0 Å². The van der Waals surface area contributed by atoms with Crippen molar-refractivity contribution >= 4 is 52.9 Å². The van der Waals surface area contributed by atoms with Crippen molar-refractivity contribution in [3.63, 3.8) is 0 Å². The first-order valence-corrected chi connectivity index (χ1v) is 19.2. The summed E-state index contributed by atoms with van der Waals surface area (Å²) in [7, 11) is 0. The number of nitrogens with two attached hydrogens (primary N) is 1. The number of carboxylic acid groups (broad SMARTS) is 1. The van der Waals surface area contributed by atoms with Gasteiger partial charge in [0.05, 0.1) is 15.5 Å². The fourth-order valence-electron chi connectivity index (χ4n) is 6.85. The van der Waals surface area contributed by atoms with Crippen LogP contribution in [0.4, 0.5) is 18.0 Å². The Hall–Kier alpha value is -4.08. The van der Waals surface area contributed by atoms with E-state index >= 15 is 0 Å². The Kier molecular flexibility index (Phi) is 18.0. The second-order valence-corrected chi connectivity index (χ2v) is 14.7. The highest BCUT2D eigenvalue weighted by molar-refractivity contribution is 6.42. The van der Waals surface area contributed by atoms with Gasteiger partial charge < -0.3 is 36.6 Å². The van der Waals surface area contributed by atoms with Gasteiger partial charge in [0.2, 0.25) is 17.7 Å². The van der Waals surface area contributed by atoms with Crippen LogP contribution in [0.3, 0.4) is 0 Å². The predicted molar refractivity (Wildman–Crippen MR) is 204 cm³/mol. The number of likely N-dealkylation sites (tertiary alicyclic amines) is 2. The smallest absolute Gasteiger partial charge is 0.475 e. The van der Waals surface area contributed by atoms with Gasteiger partial charge in [0.15, 0.2) is 0 Å². The highest BCUT2D eigenvalue weighted by Crippen LogP contribution is 2.35. The molecule has 2 aromatic carbocycles. The van der Waals surface area contributed by atoms with Crippen molar-refractivity contribution in [2.75, 3.05) is 39.3 Å². The maximum Gasteiger partial charge on any atom is 0.490 e. The molecular weight excluding hydrogens is 764 g/mol. The number of amides is 5. The monoisotopic (exact) mass is 814 g/mol. The molecule has 12 nitrogen and oxygen atoms in total. The van der Waals surface area contributed by atoms with Crippen molar-refractivity contribution in [3.05, 3.63) is 69.7 Å². The number of nitrogens with zero attached hydrogens (tertiary/aromatic N) is 2. The maximum absolute atomic E-state index is 14.3. The summed E-state index contributed by atoms with van der Waals surface area (Å²) >= 11 is 12.5. The number of urea groups is 1. The Balaban J connectivity index is 0.00000106. The molecule has 3 atom stereocenters. The fraction of sp³-hybridized carbons (Fsp3) is 0.553. The Labute approximate surface area is 329 Å². The highest BCUT2D eigenvalue weighted by atomic mass is 35.5. The molecule has 0 aliphatic carbocycles. The van der Waals surface area contributed by atoms with E-state index < -0.39 is 29.6 Å². The van der Waals surface area contributed by atoms with Crippen LogP contribution in [0.15, 0.2) is 48.5 Å². The number of hydrogen-bond donors (Lipinski definition) is 5. The van der Waals surface area contributed by atoms with E-state index in [0.717, 1.165) is 43.2 Å². The normalized spacial score (nSPS) is 19.0. The minimum atomic E-state index is -5.08. The molecule has 2 aromatic rings. The second kappa shape index (κ2) is 21.9. The quantitative estimate of drug-likeness (QED) is 0.160. The van der Waals surface area contributed by atoms with Crippen molar-refractivity contribution in [2.24, 2.45) is 11.1 Å². The summed E-state index contributed by atoms with van der Waals surface area (Å²) in [4.78, 5) is 66.6. The number of rotatable bonds is 14. The van der Waals surface area contributed by atoms with E-state index in [2.05, 4.69) is 16.0 Å². The lowest BCUT2D eigenvalue weighted by Gasteiger charge is -2.43. The van der Waals surface area contributed by atoms with E-state index in [1.165, 1.54) is 0 Å². The van der Waals surface area contributed by atoms with Crippen LogP contribution in [0, 0.1) is 5.41 Å². The molecule has 3 unspecified atom stereocenters. The van der Waals surface area contributed by atoms with Gasteiger partial charge in [-0.15, -0.1) is 0 Å². The van der Waals surface area contributed by atoms with Crippen LogP contribution in [0.25, 0.3) is 0 Å². The zero-order valence-corrected chi connectivity index (χ0v) is 32.4. The SMILES string of the molecule is CCNC(=O)C1(Cc2ccccc2)CCCN(C(=O)C(Cc2ccc(Cl)c(Cl)c2)NC(=O)NC2CCCN(C(=O)CCCCCN)C2)C1.O=C(O)C(F)(F)F. The highest BCUT2D eigenvalue weighted by Gasteiger charge is 2.44. The fourth-order valence-corrected chi connectivity index (χ4v) is 7.17. The van der Waals surface area contributed by atoms with Crippen molar-refractivity contribution < 1.29 is 42.3 Å². The maximum atomic E-state index is 14.3. The molecule has 0 spiro atoms. The molecule has 304 valence electrons. The molecule has 4 rings (SSSR count). The van der Waals surface area contributed by atoms with Crippen molar-refractivity contribution in [2.45, 2.75) is 89.4 Å². The van der Waals surface area contributed by atoms with Crippen LogP contribution < -0.4 is 21.7 Å². The number of halogens is 5. The third-order valence-corrected chi connectivity index (χ3v) is 10.3. The second-order valence-electron chi connectivity index (χ2n) is 13.9. The molecule has 2 aliphatic heterocycles. The topological polar surface area (TPSA) is 174 Å². The molecule has 0 bridgehead atoms. The standard InChI is InChI=1S/C36H50Cl2N6O4.C2HF3O2/c1-2-40-34(47)36(23-26-11-5-3-6-12-26)17-10-20-44(25-36)33(46)31(22-27-15-16-29(37)30(38)21-27)42-35(48)41-28-13-9-19-43(24-28)32(45)14-7-4-8-18-39;3-2(4,5)1(6)7/h3,5-6,11-12,15-16,21,28,31H,2,4,7-10,13-14,17-20,22-25,39H2,1H3,(H,40,47)(H2,41,42,48);(H,6,7). The number of carbonyl (C=O) groups is 5. The van der Waals surface area contributed by atoms with Crippen molar-refractivity contribution in [1.29, 1.82) is 0 Å². The summed E-state index contributed by atoms with van der Waals surface area (Å²) in [6.45, 7) is 4.80. The van der Waals surface area contributed by atoms with Gasteiger partial charge in [-0.1, -0.05) is 66.0 Å². The molecule has 2 aliphatic rings. The van der Waals surface area contributed by atoms with Crippen LogP contribution in [-0.4, -0.2) is 102 Å². The molecule has 17 heteroatoms. The first-order chi connectivity index (χ1) is 26.1. The molecule has 0 radical (unpaired) electrons. The number of benzene rings is 2. The largest absolute Gasteiger partial charge is 0.490 e. The predicted octanol–water partition coefficient (Wildman–Crippen LogP) is 5.33. The minimum Gasteiger partial charge on any atom is -0.475 e. The van der Waals surface area contributed by atoms with Gasteiger partial charge in [-0.05, 0) is 81.7 Å². The Morgan fingerprint density at radius 1 is 0.964 bits per heavy atom. The van der Waals surface area contributed by atoms with Crippen LogP contribution in [0.1, 0.15) is 69.4 Å². The first kappa shape index (κ1) is 45.3. The lowest BCUT2D eigenvalue weighted by atomic mass is 9.74. The summed E-state index contributed by atoms with van der Waals surface area (Å²) in [5.41, 5.74) is 6.54. The summed E-state index contributed by atoms with van der Waals surface area (Å²) in [6.07, 6.45) is 1.50. The van der Waals surface area contributed by atoms with Gasteiger partial charge in [-0.25, -0.2) is 9.59 Å². The number of alkyl halides is 3. The number of aliphatic carboxylic acids is 1. The van der Waals surface area contributed by atoms with Gasteiger partial charge >= 0.3 is 18.2 Å². The van der Waals surface area contributed by atoms with E-state index in [0.29, 0.717) is 68.5 Å². The Bertz CT molecular complexity index is 1600. The van der Waals surface area contributed by atoms with Gasteiger partial charge in [0.1, 0.15) is 6.04 Å². The number of piperidine rings is 2. The number of unbranched alkanes of at least 4 members (excludes halogenated alkanes) is 2. The molecule has 0 saturated carbocycles. The average Bonchev–Trinajstić information content (AvgIpc) is 3.14. The summed E-state index contributed by atoms with van der Waals surface area (Å²) in [5, 5.41) is 16.8. The van der Waals surface area contributed by atoms with Crippen LogP contribution in [0.5, 0.6) is 0 Å². The van der Waals surface area contributed by atoms with E-state index in [1.807, 2.05) is 42.2 Å². The number of carboxylic acids is 1. The lowest BCUT2D eigenvalue weighted by Crippen LogP contribution is -2.60. The minimum absolute atomic E-state index is 0.0751. The van der Waals surface area contributed by atoms with E-state index in [1.54, 1.807) is 23.1 Å². The van der Waals surface area contributed by atoms with E-state index in [9.17, 15) is 32.3 Å². The van der Waals surface area contributed by atoms with E-state index in [4.69, 9.17) is 38.8 Å². The zero-order chi connectivity index (χ0) is 40.6. The summed E-state index contributed by atoms with van der Waals surface area (Å²) < 4.78 is 31.7. The first-order valence-electron chi connectivity index (χ1n) is 18.5. The van der Waals surface area contributed by atoms with Gasteiger partial charge in [0, 0.05) is 51.6 Å². The van der Waals surface area contributed by atoms with Crippen molar-refractivity contribution in [1.82, 2.24) is 25.8 Å². The third-order valence-electron chi connectivity index (χ3n) is 9.57. The zero-order valence-electron chi connectivity index (χ0n) is 30.9. The van der Waals surface area contributed by atoms with E-state index in [-0.39, 0.29) is 36.7 Å². The number of nitrogens with one attached hydrogen (secondary N) is 3. The molecule has 0 aromatic heterocycles. The lowest BCUT2D eigenvalue weighted by molar-refractivity contribution is -0.192. The molecule has 6 N–H and O–H groups in total. The number of hydrogen-bond acceptors (Lipinski definition) is 6. The third kappa shape index (κ3) is 14.5. The molecule has 55 heavy (non-hydrogen) atoms. The summed E-state index contributed by atoms with van der Waals surface area (Å²) in [5.74, 6) is -3.01. The molecular formula is C38H51Cl2F3N6O6. The van der Waals surface area contributed by atoms with Gasteiger partial charge in [0.25, 0.3) is 0 Å². The Morgan fingerprint density at radius 2 is 1.65 bits per heavy atom. The molecule has 2 fully saturated rings. The Morgan fingerprint density at radius 3 is 2.29 bits per heavy atom. The van der Waals surface area contributed by atoms with Gasteiger partial charge in [-0.2, -0.15) is 13.2 Å². The number of carbonyl (C=O) groups excluding carboxylic acids is 4. The molecule has 2 heterocycles. The van der Waals surface area contributed by atoms with Crippen LogP contribution in [-0.2, 0) is 32.0 Å². The van der Waals surface area contributed by atoms with Crippen LogP contribution >= 0.6 is 23.2 Å². The summed E-state index contributed by atoms with van der Waals surface area (Å²) in [6, 6.07) is 13.4. The molecule has 5 amide bonds. The van der Waals surface area contributed by atoms with Crippen LogP contribution in [0.2, 0.25) is 10.0 Å². The average molecular weight is 816 g/mol. The molecule has 2 saturated heterocycles. The van der Waals surface area contributed by atoms with Gasteiger partial charge in [-0.3, -0.25) is 14.4 Å².